The summed E-state index contributed by atoms with van der Waals surface area (Å²) in [5, 5.41) is 0. The molecule has 2 atom stereocenters. The predicted molar refractivity (Wildman–Crippen MR) is 403 cm³/mol. The Labute approximate surface area is 570 Å². The highest BCUT2D eigenvalue weighted by atomic mass is 31.2. The molecule has 0 radical (unpaired) electrons. The summed E-state index contributed by atoms with van der Waals surface area (Å²) in [7, 11) is -4.41. The number of carbonyl (C=O) groups excluding carboxylic acids is 2. The minimum atomic E-state index is -4.41. The number of esters is 2. The van der Waals surface area contributed by atoms with Crippen molar-refractivity contribution >= 4 is 19.8 Å². The van der Waals surface area contributed by atoms with Gasteiger partial charge < -0.3 is 20.1 Å². The fourth-order valence-electron chi connectivity index (χ4n) is 9.61. The van der Waals surface area contributed by atoms with Crippen molar-refractivity contribution < 1.29 is 37.6 Å². The Kier molecular flexibility index (Phi) is 71.7. The second kappa shape index (κ2) is 75.9. The lowest BCUT2D eigenvalue weighted by Gasteiger charge is -2.19. The topological polar surface area (TPSA) is 134 Å². The SMILES string of the molecule is CC/C=C\C/C=C\C/C=C\C/C=C\C/C=C\C/C=C\C/C=C\C/C=C\C/C=C\C/C=C\C/C=C\CCCCCCCC(=O)OC(COC(=O)CCCCCCCCCCCCCCCCCCC/C=C\C/C=C\C/C=C\C/C=C\C/C=C\CC)COP(=O)(O)OCCN. The molecule has 0 saturated carbocycles. The Morgan fingerprint density at radius 2 is 0.559 bits per heavy atom. The minimum Gasteiger partial charge on any atom is -0.462 e. The van der Waals surface area contributed by atoms with Gasteiger partial charge in [0.05, 0.1) is 13.2 Å². The fourth-order valence-corrected chi connectivity index (χ4v) is 10.4. The zero-order valence-corrected chi connectivity index (χ0v) is 59.8. The lowest BCUT2D eigenvalue weighted by atomic mass is 10.0. The summed E-state index contributed by atoms with van der Waals surface area (Å²) in [6, 6.07) is 0. The summed E-state index contributed by atoms with van der Waals surface area (Å²) >= 11 is 0. The molecule has 0 rings (SSSR count). The van der Waals surface area contributed by atoms with E-state index in [1.54, 1.807) is 0 Å². The molecule has 0 aliphatic rings. The Bertz CT molecular complexity index is 2230. The highest BCUT2D eigenvalue weighted by Crippen LogP contribution is 2.43. The molecule has 10 heteroatoms. The van der Waals surface area contributed by atoms with Gasteiger partial charge in [0.25, 0.3) is 0 Å². The van der Waals surface area contributed by atoms with Crippen LogP contribution in [0.25, 0.3) is 0 Å². The van der Waals surface area contributed by atoms with E-state index in [9.17, 15) is 19.0 Å². The maximum absolute atomic E-state index is 12.8. The second-order valence-electron chi connectivity index (χ2n) is 23.7. The third-order valence-electron chi connectivity index (χ3n) is 15.0. The first-order valence-electron chi connectivity index (χ1n) is 36.9. The van der Waals surface area contributed by atoms with Crippen molar-refractivity contribution in [2.24, 2.45) is 5.73 Å². The predicted octanol–water partition coefficient (Wildman–Crippen LogP) is 24.9. The molecule has 0 amide bonds. The van der Waals surface area contributed by atoms with E-state index < -0.39 is 32.5 Å². The Hall–Kier alpha value is -5.15. The number of hydrogen-bond donors (Lipinski definition) is 2. The van der Waals surface area contributed by atoms with Crippen LogP contribution in [0.2, 0.25) is 0 Å². The number of phosphoric acid groups is 1. The number of ether oxygens (including phenoxy) is 2. The molecule has 0 heterocycles. The molecule has 0 spiro atoms. The molecule has 0 aromatic heterocycles. The fraction of sp³-hybridized carbons (Fsp3) is 0.590. The van der Waals surface area contributed by atoms with Gasteiger partial charge in [-0.15, -0.1) is 0 Å². The smallest absolute Gasteiger partial charge is 0.462 e. The van der Waals surface area contributed by atoms with E-state index in [1.165, 1.54) is 96.3 Å². The van der Waals surface area contributed by atoms with E-state index in [0.717, 1.165) is 154 Å². The van der Waals surface area contributed by atoms with Crippen molar-refractivity contribution in [2.75, 3.05) is 26.4 Å². The zero-order chi connectivity index (χ0) is 67.2. The lowest BCUT2D eigenvalue weighted by molar-refractivity contribution is -0.161. The minimum absolute atomic E-state index is 0.0411. The van der Waals surface area contributed by atoms with Crippen molar-refractivity contribution in [1.82, 2.24) is 0 Å². The summed E-state index contributed by atoms with van der Waals surface area (Å²) in [5.74, 6) is -0.857. The van der Waals surface area contributed by atoms with Gasteiger partial charge in [-0.2, -0.15) is 0 Å². The lowest BCUT2D eigenvalue weighted by Crippen LogP contribution is -2.29. The average Bonchev–Trinajstić information content (AvgIpc) is 3.60. The van der Waals surface area contributed by atoms with E-state index in [0.29, 0.717) is 6.42 Å². The number of phosphoric ester groups is 1. The molecule has 0 fully saturated rings. The molecular weight excluding hydrogens is 1170 g/mol. The van der Waals surface area contributed by atoms with Gasteiger partial charge in [-0.1, -0.05) is 324 Å². The number of rotatable bonds is 67. The van der Waals surface area contributed by atoms with Gasteiger partial charge in [0.2, 0.25) is 0 Å². The number of hydrogen-bond acceptors (Lipinski definition) is 8. The Balaban J connectivity index is 3.98. The van der Waals surface area contributed by atoms with E-state index >= 15 is 0 Å². The highest BCUT2D eigenvalue weighted by Gasteiger charge is 2.26. The summed E-state index contributed by atoms with van der Waals surface area (Å²) in [4.78, 5) is 35.4. The van der Waals surface area contributed by atoms with Crippen LogP contribution in [0.4, 0.5) is 0 Å². The van der Waals surface area contributed by atoms with Gasteiger partial charge >= 0.3 is 19.8 Å². The van der Waals surface area contributed by atoms with Crippen LogP contribution < -0.4 is 5.73 Å². The van der Waals surface area contributed by atoms with E-state index in [4.69, 9.17) is 24.3 Å². The number of carbonyl (C=O) groups is 2. The van der Waals surface area contributed by atoms with Crippen molar-refractivity contribution in [1.29, 1.82) is 0 Å². The van der Waals surface area contributed by atoms with Gasteiger partial charge in [-0.05, 0) is 141 Å². The van der Waals surface area contributed by atoms with Crippen LogP contribution in [-0.4, -0.2) is 49.3 Å². The van der Waals surface area contributed by atoms with Gasteiger partial charge in [0, 0.05) is 19.4 Å². The van der Waals surface area contributed by atoms with Crippen molar-refractivity contribution in [3.63, 3.8) is 0 Å². The summed E-state index contributed by atoms with van der Waals surface area (Å²) in [6.45, 7) is 3.49. The Morgan fingerprint density at radius 3 is 0.828 bits per heavy atom. The van der Waals surface area contributed by atoms with Gasteiger partial charge in [0.1, 0.15) is 6.61 Å². The molecular formula is C83H134NO8P. The van der Waals surface area contributed by atoms with Crippen molar-refractivity contribution in [3.8, 4) is 0 Å². The third kappa shape index (κ3) is 75.8. The molecule has 2 unspecified atom stereocenters. The molecule has 0 aromatic carbocycles. The van der Waals surface area contributed by atoms with Crippen molar-refractivity contribution in [2.45, 2.75) is 290 Å². The van der Waals surface area contributed by atoms with E-state index in [1.807, 2.05) is 0 Å². The standard InChI is InChI=1S/C83H134NO8P/c1-3-5-7-9-11-13-15-17-19-21-23-25-27-29-31-33-35-37-38-39-40-41-42-44-46-48-50-52-54-56-58-60-62-64-66-68-70-72-74-76-83(86)92-81(80-91-93(87,88)90-78-77-84)79-89-82(85)75-73-71-69-67-65-63-61-59-57-55-53-51-49-47-45-43-36-34-32-30-28-26-24-22-20-18-16-14-12-10-8-6-4-2/h5-8,11-14,17-20,23-26,29-32,35,37,39-40,42,44,48,50,54,56,60,62,81H,3-4,9-10,15-16,21-22,27-28,33-34,36,38,41,43,45-47,49,51-53,55,57-59,61,63-80,84H2,1-2H3,(H,87,88)/b7-5-,8-6-,13-11-,14-12-,19-17-,20-18-,25-23-,26-24-,31-29-,32-30-,37-35-,40-39-,44-42-,50-48-,56-54-,62-60-. The molecule has 524 valence electrons. The quantitative estimate of drug-likeness (QED) is 0.0264. The van der Waals surface area contributed by atoms with Gasteiger partial charge in [-0.25, -0.2) is 4.57 Å². The first-order valence-corrected chi connectivity index (χ1v) is 38.4. The molecule has 9 nitrogen and oxygen atoms in total. The first-order chi connectivity index (χ1) is 45.8. The number of unbranched alkanes of at least 4 members (excludes halogenated alkanes) is 22. The summed E-state index contributed by atoms with van der Waals surface area (Å²) in [5.41, 5.74) is 5.40. The monoisotopic (exact) mass is 1300 g/mol. The van der Waals surface area contributed by atoms with E-state index in [-0.39, 0.29) is 32.6 Å². The van der Waals surface area contributed by atoms with Crippen LogP contribution in [0.5, 0.6) is 0 Å². The van der Waals surface area contributed by atoms with Crippen LogP contribution in [-0.2, 0) is 32.7 Å². The molecule has 93 heavy (non-hydrogen) atoms. The van der Waals surface area contributed by atoms with Crippen LogP contribution in [0.3, 0.4) is 0 Å². The van der Waals surface area contributed by atoms with Gasteiger partial charge in [0.15, 0.2) is 6.10 Å². The van der Waals surface area contributed by atoms with E-state index in [2.05, 4.69) is 208 Å². The molecule has 0 aliphatic carbocycles. The van der Waals surface area contributed by atoms with Gasteiger partial charge in [-0.3, -0.25) is 18.6 Å². The molecule has 0 saturated heterocycles. The number of allylic oxidation sites excluding steroid dienone is 32. The summed E-state index contributed by atoms with van der Waals surface area (Å²) < 4.78 is 33.2. The second-order valence-corrected chi connectivity index (χ2v) is 25.1. The molecule has 3 N–H and O–H groups in total. The highest BCUT2D eigenvalue weighted by molar-refractivity contribution is 7.47. The number of nitrogens with two attached hydrogens (primary N) is 1. The van der Waals surface area contributed by atoms with Crippen LogP contribution in [0.1, 0.15) is 284 Å². The zero-order valence-electron chi connectivity index (χ0n) is 58.9. The van der Waals surface area contributed by atoms with Crippen LogP contribution >= 0.6 is 7.82 Å². The molecule has 0 aliphatic heterocycles. The van der Waals surface area contributed by atoms with Crippen LogP contribution in [0, 0.1) is 0 Å². The summed E-state index contributed by atoms with van der Waals surface area (Å²) in [6.07, 6.45) is 115. The van der Waals surface area contributed by atoms with Crippen molar-refractivity contribution in [3.05, 3.63) is 194 Å². The Morgan fingerprint density at radius 1 is 0.323 bits per heavy atom. The molecule has 0 aromatic rings. The van der Waals surface area contributed by atoms with Crippen LogP contribution in [0.15, 0.2) is 194 Å². The molecule has 0 bridgehead atoms. The normalized spacial score (nSPS) is 14.1. The first kappa shape index (κ1) is 87.9. The maximum atomic E-state index is 12.8. The average molecular weight is 1300 g/mol. The third-order valence-corrected chi connectivity index (χ3v) is 16.0. The largest absolute Gasteiger partial charge is 0.472 e. The maximum Gasteiger partial charge on any atom is 0.472 e.